The van der Waals surface area contributed by atoms with E-state index < -0.39 is 11.6 Å². The van der Waals surface area contributed by atoms with Crippen molar-refractivity contribution in [1.82, 2.24) is 20.2 Å². The summed E-state index contributed by atoms with van der Waals surface area (Å²) in [7, 11) is 2.06. The number of nitrogens with zero attached hydrogens (tertiary/aromatic N) is 2. The Kier molecular flexibility index (Phi) is 6.35. The maximum atomic E-state index is 13.4. The average Bonchev–Trinajstić information content (AvgIpc) is 3.44. The summed E-state index contributed by atoms with van der Waals surface area (Å²) in [5, 5.41) is 4.93. The van der Waals surface area contributed by atoms with E-state index in [1.165, 1.54) is 11.3 Å². The van der Waals surface area contributed by atoms with Gasteiger partial charge in [-0.05, 0) is 50.6 Å². The van der Waals surface area contributed by atoms with Crippen molar-refractivity contribution in [2.24, 2.45) is 5.73 Å². The lowest BCUT2D eigenvalue weighted by molar-refractivity contribution is 0.0831. The van der Waals surface area contributed by atoms with Gasteiger partial charge in [-0.15, -0.1) is 23.7 Å². The van der Waals surface area contributed by atoms with Crippen molar-refractivity contribution in [3.63, 3.8) is 0 Å². The number of nitrogens with two attached hydrogens (primary N) is 1. The van der Waals surface area contributed by atoms with Gasteiger partial charge in [0.05, 0.1) is 17.4 Å². The number of Topliss-reactive ketones (excluding diaryl/α,β-unsaturated/α-hetero) is 1. The van der Waals surface area contributed by atoms with E-state index in [1.54, 1.807) is 12.1 Å². The molecular formula is C22H25Cl2N5O2S. The van der Waals surface area contributed by atoms with Crippen molar-refractivity contribution < 1.29 is 9.59 Å². The van der Waals surface area contributed by atoms with Gasteiger partial charge in [0.15, 0.2) is 5.01 Å². The molecule has 1 fully saturated rings. The van der Waals surface area contributed by atoms with Gasteiger partial charge in [-0.2, -0.15) is 0 Å². The fraction of sp³-hybridized carbons (Fsp3) is 0.409. The summed E-state index contributed by atoms with van der Waals surface area (Å²) in [5.74, 6) is -0.442. The van der Waals surface area contributed by atoms with Crippen LogP contribution >= 0.6 is 35.3 Å². The van der Waals surface area contributed by atoms with Crippen LogP contribution in [0.4, 0.5) is 0 Å². The first-order valence-corrected chi connectivity index (χ1v) is 11.6. The molecule has 3 aromatic rings. The van der Waals surface area contributed by atoms with Crippen molar-refractivity contribution in [3.8, 4) is 0 Å². The number of aromatic nitrogens is 2. The third-order valence-electron chi connectivity index (χ3n) is 6.38. The summed E-state index contributed by atoms with van der Waals surface area (Å²) in [6.07, 6.45) is 2.81. The second-order valence-electron chi connectivity index (χ2n) is 8.58. The topological polar surface area (TPSA) is 104 Å². The molecule has 2 aromatic heterocycles. The van der Waals surface area contributed by atoms with Crippen LogP contribution in [0.5, 0.6) is 0 Å². The highest BCUT2D eigenvalue weighted by Gasteiger charge is 2.47. The van der Waals surface area contributed by atoms with E-state index in [0.717, 1.165) is 47.4 Å². The molecule has 4 N–H and O–H groups in total. The molecule has 1 aliphatic carbocycles. The van der Waals surface area contributed by atoms with Crippen LogP contribution in [0.25, 0.3) is 10.9 Å². The molecule has 0 saturated heterocycles. The first-order valence-electron chi connectivity index (χ1n) is 10.4. The van der Waals surface area contributed by atoms with E-state index in [1.807, 2.05) is 12.1 Å². The largest absolute Gasteiger partial charge is 0.352 e. The first kappa shape index (κ1) is 23.2. The van der Waals surface area contributed by atoms with E-state index in [9.17, 15) is 9.59 Å². The standard InChI is InChI=1S/C22H24ClN5O2S.ClH/c1-28-8-6-15-17(11-28)31-21(26-15)20(30)27-18-3-2-7-22(18,24)19(29)16-10-12-9-13(23)4-5-14(12)25-16;/h4-5,9-10,18,25H,2-3,6-8,11,24H2,1H3,(H,27,30);1H. The van der Waals surface area contributed by atoms with Gasteiger partial charge in [0, 0.05) is 40.3 Å². The summed E-state index contributed by atoms with van der Waals surface area (Å²) < 4.78 is 0. The number of hydrogen-bond acceptors (Lipinski definition) is 6. The minimum absolute atomic E-state index is 0. The van der Waals surface area contributed by atoms with Crippen molar-refractivity contribution in [1.29, 1.82) is 0 Å². The number of carbonyl (C=O) groups is 2. The van der Waals surface area contributed by atoms with Crippen molar-refractivity contribution in [2.75, 3.05) is 13.6 Å². The van der Waals surface area contributed by atoms with Crippen LogP contribution in [-0.4, -0.2) is 51.7 Å². The second kappa shape index (κ2) is 8.76. The fourth-order valence-electron chi connectivity index (χ4n) is 4.62. The Morgan fingerprint density at radius 3 is 3.00 bits per heavy atom. The number of fused-ring (bicyclic) bond motifs is 2. The molecule has 0 radical (unpaired) electrons. The molecule has 0 bridgehead atoms. The van der Waals surface area contributed by atoms with Gasteiger partial charge in [-0.25, -0.2) is 4.98 Å². The number of carbonyl (C=O) groups excluding carboxylic acids is 2. The molecular weight excluding hydrogens is 469 g/mol. The number of rotatable bonds is 4. The van der Waals surface area contributed by atoms with E-state index in [4.69, 9.17) is 17.3 Å². The van der Waals surface area contributed by atoms with Crippen LogP contribution in [0.3, 0.4) is 0 Å². The molecule has 1 aromatic carbocycles. The van der Waals surface area contributed by atoms with Gasteiger partial charge in [-0.3, -0.25) is 9.59 Å². The first-order chi connectivity index (χ1) is 14.8. The summed E-state index contributed by atoms with van der Waals surface area (Å²) in [6, 6.07) is 6.76. The lowest BCUT2D eigenvalue weighted by atomic mass is 9.87. The number of benzene rings is 1. The zero-order valence-corrected chi connectivity index (χ0v) is 20.0. The van der Waals surface area contributed by atoms with Gasteiger partial charge >= 0.3 is 0 Å². The summed E-state index contributed by atoms with van der Waals surface area (Å²) >= 11 is 7.50. The average molecular weight is 494 g/mol. The summed E-state index contributed by atoms with van der Waals surface area (Å²) in [4.78, 5) is 37.4. The van der Waals surface area contributed by atoms with Gasteiger partial charge in [-0.1, -0.05) is 11.6 Å². The van der Waals surface area contributed by atoms with Crippen molar-refractivity contribution in [3.05, 3.63) is 50.6 Å². The van der Waals surface area contributed by atoms with Crippen LogP contribution in [0.2, 0.25) is 5.02 Å². The predicted octanol–water partition coefficient (Wildman–Crippen LogP) is 3.55. The number of hydrogen-bond donors (Lipinski definition) is 3. The number of aromatic amines is 1. The van der Waals surface area contributed by atoms with E-state index >= 15 is 0 Å². The van der Waals surface area contributed by atoms with E-state index in [2.05, 4.69) is 27.2 Å². The minimum Gasteiger partial charge on any atom is -0.352 e. The summed E-state index contributed by atoms with van der Waals surface area (Å²) in [5.41, 5.74) is 7.75. The third-order valence-corrected chi connectivity index (χ3v) is 7.69. The monoisotopic (exact) mass is 493 g/mol. The predicted molar refractivity (Wildman–Crippen MR) is 129 cm³/mol. The molecule has 170 valence electrons. The highest BCUT2D eigenvalue weighted by atomic mass is 35.5. The Morgan fingerprint density at radius 1 is 1.38 bits per heavy atom. The molecule has 32 heavy (non-hydrogen) atoms. The lowest BCUT2D eigenvalue weighted by Crippen LogP contribution is -2.60. The van der Waals surface area contributed by atoms with E-state index in [-0.39, 0.29) is 24.1 Å². The quantitative estimate of drug-likeness (QED) is 0.482. The highest BCUT2D eigenvalue weighted by molar-refractivity contribution is 7.13. The van der Waals surface area contributed by atoms with Gasteiger partial charge in [0.1, 0.15) is 5.54 Å². The zero-order valence-electron chi connectivity index (χ0n) is 17.6. The highest BCUT2D eigenvalue weighted by Crippen LogP contribution is 2.33. The smallest absolute Gasteiger partial charge is 0.280 e. The maximum Gasteiger partial charge on any atom is 0.280 e. The zero-order chi connectivity index (χ0) is 21.8. The fourth-order valence-corrected chi connectivity index (χ4v) is 5.89. The number of halogens is 2. The van der Waals surface area contributed by atoms with Crippen LogP contribution < -0.4 is 11.1 Å². The Morgan fingerprint density at radius 2 is 2.19 bits per heavy atom. The minimum atomic E-state index is -1.16. The lowest BCUT2D eigenvalue weighted by Gasteiger charge is -2.30. The number of thiazole rings is 1. The van der Waals surface area contributed by atoms with Gasteiger partial charge in [0.2, 0.25) is 5.78 Å². The normalized spacial score (nSPS) is 23.0. The molecule has 0 spiro atoms. The SMILES string of the molecule is CN1CCc2nc(C(=O)NC3CCCC3(N)C(=O)c3cc4cc(Cl)ccc4[nH]3)sc2C1.Cl. The molecule has 5 rings (SSSR count). The van der Waals surface area contributed by atoms with Gasteiger partial charge < -0.3 is 20.9 Å². The molecule has 3 heterocycles. The Bertz CT molecular complexity index is 1190. The summed E-state index contributed by atoms with van der Waals surface area (Å²) in [6.45, 7) is 1.75. The molecule has 10 heteroatoms. The Labute approximate surface area is 201 Å². The molecule has 1 saturated carbocycles. The van der Waals surface area contributed by atoms with Crippen LogP contribution in [0.15, 0.2) is 24.3 Å². The molecule has 2 atom stereocenters. The van der Waals surface area contributed by atoms with E-state index in [0.29, 0.717) is 28.6 Å². The number of H-pyrrole nitrogens is 1. The number of nitrogens with one attached hydrogen (secondary N) is 2. The Balaban J connectivity index is 0.00000245. The van der Waals surface area contributed by atoms with Gasteiger partial charge in [0.25, 0.3) is 5.91 Å². The molecule has 2 aliphatic rings. The van der Waals surface area contributed by atoms with Crippen LogP contribution in [0.1, 0.15) is 50.1 Å². The second-order valence-corrected chi connectivity index (χ2v) is 10.1. The van der Waals surface area contributed by atoms with Crippen molar-refractivity contribution >= 4 is 57.9 Å². The van der Waals surface area contributed by atoms with Crippen LogP contribution in [0, 0.1) is 0 Å². The van der Waals surface area contributed by atoms with Crippen molar-refractivity contribution in [2.45, 2.75) is 43.8 Å². The molecule has 2 unspecified atom stereocenters. The maximum absolute atomic E-state index is 13.4. The number of amides is 1. The molecule has 1 amide bonds. The number of likely N-dealkylation sites (N-methyl/N-ethyl adjacent to an activating group) is 1. The molecule has 7 nitrogen and oxygen atoms in total. The Hall–Kier alpha value is -1.97. The third kappa shape index (κ3) is 4.06. The molecule has 1 aliphatic heterocycles. The number of ketones is 1. The van der Waals surface area contributed by atoms with Crippen LogP contribution in [-0.2, 0) is 13.0 Å².